The van der Waals surface area contributed by atoms with Gasteiger partial charge in [-0.2, -0.15) is 0 Å². The van der Waals surface area contributed by atoms with Crippen molar-refractivity contribution in [2.75, 3.05) is 0 Å². The Balaban J connectivity index is 2.57. The van der Waals surface area contributed by atoms with Crippen molar-refractivity contribution in [1.82, 2.24) is 4.98 Å². The van der Waals surface area contributed by atoms with E-state index in [-0.39, 0.29) is 16.7 Å². The molecule has 1 N–H and O–H groups in total. The summed E-state index contributed by atoms with van der Waals surface area (Å²) in [6.07, 6.45) is -3.18. The molecule has 1 aromatic carbocycles. The standard InChI is InChI=1S/C13H12F3NO2/c1-7(2)10-6-17-11-4-3-8(19-13(14,15)16)5-9(11)12(10)18/h3-7H,1-2H3,(H,17,18). The molecule has 0 aliphatic carbocycles. The van der Waals surface area contributed by atoms with Gasteiger partial charge in [-0.05, 0) is 24.1 Å². The first-order valence-electron chi connectivity index (χ1n) is 5.69. The van der Waals surface area contributed by atoms with E-state index in [1.807, 2.05) is 13.8 Å². The molecule has 0 atom stereocenters. The Bertz CT molecular complexity index is 659. The van der Waals surface area contributed by atoms with Crippen LogP contribution < -0.4 is 10.2 Å². The molecule has 0 radical (unpaired) electrons. The molecule has 0 amide bonds. The van der Waals surface area contributed by atoms with Gasteiger partial charge in [0.2, 0.25) is 0 Å². The lowest BCUT2D eigenvalue weighted by Crippen LogP contribution is -2.17. The minimum atomic E-state index is -4.77. The summed E-state index contributed by atoms with van der Waals surface area (Å²) in [6, 6.07) is 3.66. The van der Waals surface area contributed by atoms with Crippen molar-refractivity contribution in [2.45, 2.75) is 26.1 Å². The van der Waals surface area contributed by atoms with Gasteiger partial charge in [0.1, 0.15) is 5.75 Å². The summed E-state index contributed by atoms with van der Waals surface area (Å²) < 4.78 is 40.2. The van der Waals surface area contributed by atoms with Gasteiger partial charge in [0.25, 0.3) is 0 Å². The van der Waals surface area contributed by atoms with Crippen molar-refractivity contribution in [3.05, 3.63) is 40.2 Å². The first kappa shape index (κ1) is 13.5. The number of nitrogens with one attached hydrogen (secondary N) is 1. The number of hydrogen-bond acceptors (Lipinski definition) is 2. The maximum absolute atomic E-state index is 12.1. The third-order valence-corrected chi connectivity index (χ3v) is 2.74. The van der Waals surface area contributed by atoms with Crippen molar-refractivity contribution in [1.29, 1.82) is 0 Å². The van der Waals surface area contributed by atoms with Gasteiger partial charge in [0, 0.05) is 22.7 Å². The zero-order valence-corrected chi connectivity index (χ0v) is 10.3. The SMILES string of the molecule is CC(C)c1c[nH]c2ccc(OC(F)(F)F)cc2c1=O. The van der Waals surface area contributed by atoms with Crippen molar-refractivity contribution in [3.8, 4) is 5.75 Å². The molecule has 6 heteroatoms. The molecule has 0 saturated carbocycles. The van der Waals surface area contributed by atoms with E-state index in [0.717, 1.165) is 6.07 Å². The molecule has 2 rings (SSSR count). The predicted octanol–water partition coefficient (Wildman–Crippen LogP) is 3.55. The van der Waals surface area contributed by atoms with Crippen LogP contribution in [-0.4, -0.2) is 11.3 Å². The van der Waals surface area contributed by atoms with Crippen molar-refractivity contribution in [2.24, 2.45) is 0 Å². The van der Waals surface area contributed by atoms with Crippen LogP contribution >= 0.6 is 0 Å². The lowest BCUT2D eigenvalue weighted by atomic mass is 10.0. The largest absolute Gasteiger partial charge is 0.573 e. The van der Waals surface area contributed by atoms with Gasteiger partial charge in [0.05, 0.1) is 0 Å². The Kier molecular flexibility index (Phi) is 3.26. The fourth-order valence-corrected chi connectivity index (χ4v) is 1.84. The van der Waals surface area contributed by atoms with E-state index in [1.54, 1.807) is 6.20 Å². The Morgan fingerprint density at radius 1 is 1.26 bits per heavy atom. The maximum atomic E-state index is 12.1. The van der Waals surface area contributed by atoms with Crippen LogP contribution in [0.15, 0.2) is 29.2 Å². The summed E-state index contributed by atoms with van der Waals surface area (Å²) in [6.45, 7) is 3.68. The lowest BCUT2D eigenvalue weighted by molar-refractivity contribution is -0.274. The van der Waals surface area contributed by atoms with Crippen LogP contribution in [-0.2, 0) is 0 Å². The average Bonchev–Trinajstić information content (AvgIpc) is 2.27. The molecule has 2 aromatic rings. The van der Waals surface area contributed by atoms with E-state index in [0.29, 0.717) is 11.1 Å². The smallest absolute Gasteiger partial charge is 0.406 e. The molecule has 0 saturated heterocycles. The molecule has 0 unspecified atom stereocenters. The van der Waals surface area contributed by atoms with Crippen LogP contribution in [0.25, 0.3) is 10.9 Å². The molecular formula is C13H12F3NO2. The summed E-state index contributed by atoms with van der Waals surface area (Å²) >= 11 is 0. The molecule has 19 heavy (non-hydrogen) atoms. The summed E-state index contributed by atoms with van der Waals surface area (Å²) in [5, 5.41) is 0.188. The molecule has 0 fully saturated rings. The summed E-state index contributed by atoms with van der Waals surface area (Å²) in [5.74, 6) is -0.410. The number of alkyl halides is 3. The highest BCUT2D eigenvalue weighted by atomic mass is 19.4. The van der Waals surface area contributed by atoms with Crippen LogP contribution in [0, 0.1) is 0 Å². The number of fused-ring (bicyclic) bond motifs is 1. The van der Waals surface area contributed by atoms with Crippen molar-refractivity contribution < 1.29 is 17.9 Å². The Morgan fingerprint density at radius 2 is 1.95 bits per heavy atom. The van der Waals surface area contributed by atoms with E-state index in [4.69, 9.17) is 0 Å². The van der Waals surface area contributed by atoms with Gasteiger partial charge < -0.3 is 9.72 Å². The van der Waals surface area contributed by atoms with E-state index < -0.39 is 12.1 Å². The van der Waals surface area contributed by atoms with Crippen LogP contribution in [0.3, 0.4) is 0 Å². The topological polar surface area (TPSA) is 42.1 Å². The number of aromatic nitrogens is 1. The third kappa shape index (κ3) is 2.89. The van der Waals surface area contributed by atoms with E-state index in [2.05, 4.69) is 9.72 Å². The third-order valence-electron chi connectivity index (χ3n) is 2.74. The fraction of sp³-hybridized carbons (Fsp3) is 0.308. The van der Waals surface area contributed by atoms with Gasteiger partial charge in [-0.3, -0.25) is 4.79 Å². The van der Waals surface area contributed by atoms with E-state index in [9.17, 15) is 18.0 Å². The number of ether oxygens (including phenoxy) is 1. The number of rotatable bonds is 2. The van der Waals surface area contributed by atoms with Gasteiger partial charge in [-0.25, -0.2) is 0 Å². The lowest BCUT2D eigenvalue weighted by Gasteiger charge is -2.10. The van der Waals surface area contributed by atoms with Crippen molar-refractivity contribution >= 4 is 10.9 Å². The number of pyridine rings is 1. The van der Waals surface area contributed by atoms with Crippen molar-refractivity contribution in [3.63, 3.8) is 0 Å². The molecule has 102 valence electrons. The first-order chi connectivity index (χ1) is 8.78. The average molecular weight is 271 g/mol. The Hall–Kier alpha value is -1.98. The zero-order valence-electron chi connectivity index (χ0n) is 10.3. The zero-order chi connectivity index (χ0) is 14.2. The molecule has 3 nitrogen and oxygen atoms in total. The molecular weight excluding hydrogens is 259 g/mol. The normalized spacial score (nSPS) is 12.1. The summed E-state index contributed by atoms with van der Waals surface area (Å²) in [5.41, 5.74) is 0.719. The molecule has 0 spiro atoms. The maximum Gasteiger partial charge on any atom is 0.573 e. The van der Waals surface area contributed by atoms with Crippen LogP contribution in [0.4, 0.5) is 13.2 Å². The van der Waals surface area contributed by atoms with E-state index in [1.165, 1.54) is 12.1 Å². The first-order valence-corrected chi connectivity index (χ1v) is 5.69. The Morgan fingerprint density at radius 3 is 2.53 bits per heavy atom. The van der Waals surface area contributed by atoms with Crippen LogP contribution in [0.1, 0.15) is 25.3 Å². The second-order valence-corrected chi connectivity index (χ2v) is 4.48. The molecule has 1 aromatic heterocycles. The monoisotopic (exact) mass is 271 g/mol. The van der Waals surface area contributed by atoms with Crippen LogP contribution in [0.2, 0.25) is 0 Å². The minimum Gasteiger partial charge on any atom is -0.406 e. The predicted molar refractivity (Wildman–Crippen MR) is 65.3 cm³/mol. The number of halogens is 3. The summed E-state index contributed by atoms with van der Waals surface area (Å²) in [7, 11) is 0. The molecule has 0 bridgehead atoms. The quantitative estimate of drug-likeness (QED) is 0.907. The number of hydrogen-bond donors (Lipinski definition) is 1. The number of benzene rings is 1. The fourth-order valence-electron chi connectivity index (χ4n) is 1.84. The number of aromatic amines is 1. The molecule has 0 aliphatic rings. The number of H-pyrrole nitrogens is 1. The van der Waals surface area contributed by atoms with Gasteiger partial charge in [-0.1, -0.05) is 13.8 Å². The highest BCUT2D eigenvalue weighted by Gasteiger charge is 2.31. The van der Waals surface area contributed by atoms with E-state index >= 15 is 0 Å². The second-order valence-electron chi connectivity index (χ2n) is 4.48. The second kappa shape index (κ2) is 4.60. The Labute approximate surface area is 107 Å². The summed E-state index contributed by atoms with van der Waals surface area (Å²) in [4.78, 5) is 15.0. The minimum absolute atomic E-state index is 0.0136. The van der Waals surface area contributed by atoms with Crippen LogP contribution in [0.5, 0.6) is 5.75 Å². The highest BCUT2D eigenvalue weighted by molar-refractivity contribution is 5.80. The van der Waals surface area contributed by atoms with Gasteiger partial charge in [-0.15, -0.1) is 13.2 Å². The highest BCUT2D eigenvalue weighted by Crippen LogP contribution is 2.25. The van der Waals surface area contributed by atoms with Gasteiger partial charge >= 0.3 is 6.36 Å². The molecule has 1 heterocycles. The van der Waals surface area contributed by atoms with Gasteiger partial charge in [0.15, 0.2) is 5.43 Å². The molecule has 0 aliphatic heterocycles.